The first-order chi connectivity index (χ1) is 14.0. The Morgan fingerprint density at radius 2 is 1.66 bits per heavy atom. The normalized spacial score (nSPS) is 10.6. The van der Waals surface area contributed by atoms with Crippen LogP contribution in [0.3, 0.4) is 0 Å². The van der Waals surface area contributed by atoms with Crippen molar-refractivity contribution in [1.82, 2.24) is 14.7 Å². The number of carbonyl (C=O) groups excluding carboxylic acids is 1. The van der Waals surface area contributed by atoms with Crippen LogP contribution >= 0.6 is 11.9 Å². The topological polar surface area (TPSA) is 88.2 Å². The molecule has 1 heterocycles. The summed E-state index contributed by atoms with van der Waals surface area (Å²) >= 11 is 1.54. The summed E-state index contributed by atoms with van der Waals surface area (Å²) in [4.78, 5) is 21.6. The van der Waals surface area contributed by atoms with Crippen molar-refractivity contribution in [2.24, 2.45) is 0 Å². The number of nitrogens with zero attached hydrogens (tertiary/aromatic N) is 2. The first kappa shape index (κ1) is 20.6. The maximum absolute atomic E-state index is 11.9. The molecule has 0 aliphatic heterocycles. The number of benzene rings is 2. The summed E-state index contributed by atoms with van der Waals surface area (Å²) in [5.41, 5.74) is 2.25. The Kier molecular flexibility index (Phi) is 7.04. The molecule has 29 heavy (non-hydrogen) atoms. The molecule has 3 rings (SSSR count). The second-order valence-corrected chi connectivity index (χ2v) is 7.49. The van der Waals surface area contributed by atoms with Gasteiger partial charge < -0.3 is 15.4 Å². The van der Waals surface area contributed by atoms with Gasteiger partial charge >= 0.3 is 5.97 Å². The SMILES string of the molecule is CNSc1cccc(Nc2cc(Nc3ccc(C(=O)OC(C)C)cc3)ncn2)c1. The molecule has 2 aromatic carbocycles. The molecule has 7 nitrogen and oxygen atoms in total. The number of carbonyl (C=O) groups is 1. The molecule has 0 saturated heterocycles. The van der Waals surface area contributed by atoms with E-state index in [1.165, 1.54) is 6.33 Å². The zero-order valence-corrected chi connectivity index (χ0v) is 17.3. The summed E-state index contributed by atoms with van der Waals surface area (Å²) in [5.74, 6) is 0.978. The van der Waals surface area contributed by atoms with Crippen LogP contribution in [0, 0.1) is 0 Å². The van der Waals surface area contributed by atoms with Gasteiger partial charge in [0.25, 0.3) is 0 Å². The summed E-state index contributed by atoms with van der Waals surface area (Å²) < 4.78 is 8.25. The second kappa shape index (κ2) is 9.90. The Morgan fingerprint density at radius 3 is 2.31 bits per heavy atom. The Morgan fingerprint density at radius 1 is 0.966 bits per heavy atom. The molecule has 8 heteroatoms. The first-order valence-electron chi connectivity index (χ1n) is 9.14. The number of hydrogen-bond donors (Lipinski definition) is 3. The number of rotatable bonds is 8. The molecule has 0 radical (unpaired) electrons. The van der Waals surface area contributed by atoms with E-state index in [1.807, 2.05) is 63.4 Å². The Bertz CT molecular complexity index is 963. The predicted octanol–water partition coefficient (Wildman–Crippen LogP) is 4.76. The van der Waals surface area contributed by atoms with Gasteiger partial charge in [-0.3, -0.25) is 4.72 Å². The maximum atomic E-state index is 11.9. The number of anilines is 4. The maximum Gasteiger partial charge on any atom is 0.338 e. The van der Waals surface area contributed by atoms with Crippen LogP contribution < -0.4 is 15.4 Å². The van der Waals surface area contributed by atoms with Crippen molar-refractivity contribution in [3.05, 3.63) is 66.5 Å². The van der Waals surface area contributed by atoms with Crippen molar-refractivity contribution >= 4 is 40.9 Å². The van der Waals surface area contributed by atoms with Crippen molar-refractivity contribution in [2.75, 3.05) is 17.7 Å². The highest BCUT2D eigenvalue weighted by atomic mass is 32.2. The van der Waals surface area contributed by atoms with E-state index in [4.69, 9.17) is 4.74 Å². The molecule has 3 N–H and O–H groups in total. The van der Waals surface area contributed by atoms with E-state index in [9.17, 15) is 4.79 Å². The third kappa shape index (κ3) is 6.20. The Labute approximate surface area is 174 Å². The number of ether oxygens (including phenoxy) is 1. The number of esters is 1. The van der Waals surface area contributed by atoms with Gasteiger partial charge in [0.2, 0.25) is 0 Å². The van der Waals surface area contributed by atoms with Gasteiger partial charge in [0.05, 0.1) is 11.7 Å². The molecule has 0 amide bonds. The third-order valence-electron chi connectivity index (χ3n) is 3.73. The summed E-state index contributed by atoms with van der Waals surface area (Å²) in [7, 11) is 1.88. The molecular weight excluding hydrogens is 386 g/mol. The third-order valence-corrected chi connectivity index (χ3v) is 4.42. The zero-order valence-electron chi connectivity index (χ0n) is 16.5. The van der Waals surface area contributed by atoms with Crippen LogP contribution in [0.5, 0.6) is 0 Å². The lowest BCUT2D eigenvalue weighted by Crippen LogP contribution is -2.11. The highest BCUT2D eigenvalue weighted by molar-refractivity contribution is 7.97. The number of nitrogens with one attached hydrogen (secondary N) is 3. The van der Waals surface area contributed by atoms with Crippen LogP contribution in [0.4, 0.5) is 23.0 Å². The molecule has 0 fully saturated rings. The molecule has 0 aliphatic carbocycles. The van der Waals surface area contributed by atoms with E-state index in [2.05, 4.69) is 25.3 Å². The van der Waals surface area contributed by atoms with E-state index in [0.29, 0.717) is 17.2 Å². The van der Waals surface area contributed by atoms with E-state index < -0.39 is 0 Å². The summed E-state index contributed by atoms with van der Waals surface area (Å²) in [6, 6.07) is 16.9. The van der Waals surface area contributed by atoms with Crippen molar-refractivity contribution < 1.29 is 9.53 Å². The molecule has 0 spiro atoms. The lowest BCUT2D eigenvalue weighted by atomic mass is 10.2. The number of aromatic nitrogens is 2. The fourth-order valence-electron chi connectivity index (χ4n) is 2.52. The largest absolute Gasteiger partial charge is 0.459 e. The van der Waals surface area contributed by atoms with Gasteiger partial charge in [0, 0.05) is 22.3 Å². The van der Waals surface area contributed by atoms with Crippen molar-refractivity contribution in [3.8, 4) is 0 Å². The van der Waals surface area contributed by atoms with Crippen LogP contribution in [-0.2, 0) is 4.74 Å². The predicted molar refractivity (Wildman–Crippen MR) is 117 cm³/mol. The molecule has 0 aliphatic rings. The summed E-state index contributed by atoms with van der Waals surface area (Å²) in [5, 5.41) is 6.49. The average molecular weight is 410 g/mol. The first-order valence-corrected chi connectivity index (χ1v) is 9.96. The Balaban J connectivity index is 1.67. The zero-order chi connectivity index (χ0) is 20.6. The van der Waals surface area contributed by atoms with Crippen molar-refractivity contribution in [2.45, 2.75) is 24.8 Å². The van der Waals surface area contributed by atoms with Gasteiger partial charge in [-0.1, -0.05) is 6.07 Å². The van der Waals surface area contributed by atoms with Crippen LogP contribution in [-0.4, -0.2) is 29.1 Å². The van der Waals surface area contributed by atoms with Gasteiger partial charge in [0.15, 0.2) is 0 Å². The van der Waals surface area contributed by atoms with E-state index in [1.54, 1.807) is 24.1 Å². The quantitative estimate of drug-likeness (QED) is 0.363. The monoisotopic (exact) mass is 409 g/mol. The molecule has 0 unspecified atom stereocenters. The highest BCUT2D eigenvalue weighted by Gasteiger charge is 2.09. The number of hydrogen-bond acceptors (Lipinski definition) is 8. The second-order valence-electron chi connectivity index (χ2n) is 6.40. The molecule has 0 saturated carbocycles. The lowest BCUT2D eigenvalue weighted by molar-refractivity contribution is 0.0378. The molecule has 0 bridgehead atoms. The molecule has 150 valence electrons. The fraction of sp³-hybridized carbons (Fsp3) is 0.190. The van der Waals surface area contributed by atoms with Crippen molar-refractivity contribution in [1.29, 1.82) is 0 Å². The van der Waals surface area contributed by atoms with Crippen LogP contribution in [0.15, 0.2) is 65.8 Å². The van der Waals surface area contributed by atoms with Gasteiger partial charge in [-0.2, -0.15) is 0 Å². The summed E-state index contributed by atoms with van der Waals surface area (Å²) in [6.45, 7) is 3.65. The minimum Gasteiger partial charge on any atom is -0.459 e. The lowest BCUT2D eigenvalue weighted by Gasteiger charge is -2.10. The summed E-state index contributed by atoms with van der Waals surface area (Å²) in [6.07, 6.45) is 1.34. The van der Waals surface area contributed by atoms with Gasteiger partial charge in [-0.15, -0.1) is 0 Å². The van der Waals surface area contributed by atoms with Crippen LogP contribution in [0.2, 0.25) is 0 Å². The average Bonchev–Trinajstić information content (AvgIpc) is 2.69. The van der Waals surface area contributed by atoms with Crippen LogP contribution in [0.1, 0.15) is 24.2 Å². The molecule has 0 atom stereocenters. The van der Waals surface area contributed by atoms with E-state index >= 15 is 0 Å². The Hall–Kier alpha value is -3.10. The van der Waals surface area contributed by atoms with Crippen molar-refractivity contribution in [3.63, 3.8) is 0 Å². The standard InChI is InChI=1S/C21H23N5O2S/c1-14(2)28-21(27)15-7-9-16(10-8-15)25-19-12-20(24-13-23-19)26-17-5-4-6-18(11-17)29-22-3/h4-14,22H,1-3H3,(H2,23,24,25,26). The van der Waals surface area contributed by atoms with Crippen LogP contribution in [0.25, 0.3) is 0 Å². The smallest absolute Gasteiger partial charge is 0.338 e. The molecule has 3 aromatic rings. The van der Waals surface area contributed by atoms with E-state index in [0.717, 1.165) is 16.3 Å². The van der Waals surface area contributed by atoms with Gasteiger partial charge in [0.1, 0.15) is 18.0 Å². The molecular formula is C21H23N5O2S. The van der Waals surface area contributed by atoms with Gasteiger partial charge in [-0.25, -0.2) is 14.8 Å². The highest BCUT2D eigenvalue weighted by Crippen LogP contribution is 2.23. The van der Waals surface area contributed by atoms with Gasteiger partial charge in [-0.05, 0) is 75.3 Å². The van der Waals surface area contributed by atoms with E-state index in [-0.39, 0.29) is 12.1 Å². The minimum atomic E-state index is -0.335. The minimum absolute atomic E-state index is 0.148. The molecule has 1 aromatic heterocycles. The fourth-order valence-corrected chi connectivity index (χ4v) is 3.08.